The minimum atomic E-state index is -0.982. The van der Waals surface area contributed by atoms with Gasteiger partial charge in [-0.3, -0.25) is 0 Å². The number of hydrogen-bond acceptors (Lipinski definition) is 5. The first-order valence-corrected chi connectivity index (χ1v) is 8.63. The average molecular weight is 342 g/mol. The van der Waals surface area contributed by atoms with Crippen LogP contribution in [0.25, 0.3) is 10.8 Å². The van der Waals surface area contributed by atoms with Crippen molar-refractivity contribution in [2.24, 2.45) is 0 Å². The van der Waals surface area contributed by atoms with Gasteiger partial charge >= 0.3 is 0 Å². The van der Waals surface area contributed by atoms with Crippen LogP contribution in [0.15, 0.2) is 53.7 Å². The maximum atomic E-state index is 6.33. The molecule has 25 heavy (non-hydrogen) atoms. The van der Waals surface area contributed by atoms with Crippen molar-refractivity contribution in [2.45, 2.75) is 31.8 Å². The van der Waals surface area contributed by atoms with Gasteiger partial charge in [0.05, 0.1) is 32.3 Å². The summed E-state index contributed by atoms with van der Waals surface area (Å²) in [5.41, 5.74) is 0. The lowest BCUT2D eigenvalue weighted by Gasteiger charge is -2.26. The monoisotopic (exact) mass is 342 g/mol. The van der Waals surface area contributed by atoms with Crippen LogP contribution in [0.1, 0.15) is 19.1 Å². The predicted octanol–water partition coefficient (Wildman–Crippen LogP) is 3.32. The number of nitrogens with zero attached hydrogens (tertiary/aromatic N) is 2. The highest BCUT2D eigenvalue weighted by Gasteiger charge is 2.47. The Morgan fingerprint density at radius 2 is 2.28 bits per heavy atom. The molecule has 3 heterocycles. The van der Waals surface area contributed by atoms with Gasteiger partial charge in [-0.15, -0.1) is 0 Å². The topological polar surface area (TPSA) is 58.7 Å². The third-order valence-corrected chi connectivity index (χ3v) is 4.32. The van der Waals surface area contributed by atoms with Gasteiger partial charge in [0.15, 0.2) is 5.76 Å². The van der Waals surface area contributed by atoms with Gasteiger partial charge in [0, 0.05) is 29.8 Å². The fraction of sp³-hybridized carbons (Fsp3) is 0.421. The Morgan fingerprint density at radius 3 is 3.12 bits per heavy atom. The van der Waals surface area contributed by atoms with Crippen molar-refractivity contribution in [3.63, 3.8) is 0 Å². The predicted molar refractivity (Wildman–Crippen MR) is 92.1 cm³/mol. The molecule has 0 bridgehead atoms. The molecule has 6 heteroatoms. The van der Waals surface area contributed by atoms with E-state index in [0.717, 1.165) is 23.8 Å². The third-order valence-electron chi connectivity index (χ3n) is 4.32. The molecule has 2 aromatic heterocycles. The van der Waals surface area contributed by atoms with Gasteiger partial charge in [-0.1, -0.05) is 31.2 Å². The lowest BCUT2D eigenvalue weighted by Crippen LogP contribution is -2.33. The number of aromatic nitrogens is 2. The summed E-state index contributed by atoms with van der Waals surface area (Å²) in [6.45, 7) is 4.25. The molecule has 4 rings (SSSR count). The highest BCUT2D eigenvalue weighted by molar-refractivity contribution is 5.84. The van der Waals surface area contributed by atoms with Gasteiger partial charge in [0.25, 0.3) is 0 Å². The molecule has 2 unspecified atom stereocenters. The van der Waals surface area contributed by atoms with Crippen molar-refractivity contribution in [1.29, 1.82) is 0 Å². The first kappa shape index (κ1) is 16.3. The van der Waals surface area contributed by atoms with E-state index in [-0.39, 0.29) is 6.10 Å². The summed E-state index contributed by atoms with van der Waals surface area (Å²) in [5, 5.41) is 2.03. The van der Waals surface area contributed by atoms with Crippen LogP contribution in [0.4, 0.5) is 0 Å². The molecule has 0 saturated carbocycles. The maximum Gasteiger partial charge on any atom is 0.248 e. The molecule has 2 atom stereocenters. The zero-order valence-electron chi connectivity index (χ0n) is 14.3. The standard InChI is InChI=1S/C19H22N2O4/c1-2-9-22-11-16-12-24-19(25-16,13-21-8-7-20-14-21)18-17-6-4-3-5-15(17)10-23-18/h3-8,10,14,16H,2,9,11-13H2,1H3. The minimum Gasteiger partial charge on any atom is -0.462 e. The summed E-state index contributed by atoms with van der Waals surface area (Å²) in [6, 6.07) is 8.02. The highest BCUT2D eigenvalue weighted by Crippen LogP contribution is 2.40. The quantitative estimate of drug-likeness (QED) is 0.617. The molecule has 0 N–H and O–H groups in total. The second-order valence-corrected chi connectivity index (χ2v) is 6.27. The Balaban J connectivity index is 1.65. The number of fused-ring (bicyclic) bond motifs is 1. The van der Waals surface area contributed by atoms with Crippen LogP contribution in [0, 0.1) is 0 Å². The van der Waals surface area contributed by atoms with Crippen molar-refractivity contribution in [3.8, 4) is 0 Å². The van der Waals surface area contributed by atoms with Gasteiger partial charge in [-0.05, 0) is 6.42 Å². The largest absolute Gasteiger partial charge is 0.462 e. The summed E-state index contributed by atoms with van der Waals surface area (Å²) >= 11 is 0. The summed E-state index contributed by atoms with van der Waals surface area (Å²) < 4.78 is 26.0. The van der Waals surface area contributed by atoms with Crippen molar-refractivity contribution >= 4 is 10.8 Å². The Hall–Kier alpha value is -2.15. The lowest BCUT2D eigenvalue weighted by atomic mass is 10.1. The van der Waals surface area contributed by atoms with Crippen molar-refractivity contribution in [1.82, 2.24) is 9.55 Å². The van der Waals surface area contributed by atoms with Crippen LogP contribution in [-0.2, 0) is 26.5 Å². The lowest BCUT2D eigenvalue weighted by molar-refractivity contribution is -0.201. The Morgan fingerprint density at radius 1 is 1.36 bits per heavy atom. The smallest absolute Gasteiger partial charge is 0.248 e. The zero-order valence-corrected chi connectivity index (χ0v) is 14.3. The van der Waals surface area contributed by atoms with E-state index in [4.69, 9.17) is 18.6 Å². The molecular formula is C19H22N2O4. The van der Waals surface area contributed by atoms with E-state index in [1.165, 1.54) is 0 Å². The molecule has 0 aliphatic carbocycles. The van der Waals surface area contributed by atoms with Crippen LogP contribution in [0.3, 0.4) is 0 Å². The fourth-order valence-corrected chi connectivity index (χ4v) is 3.19. The summed E-state index contributed by atoms with van der Waals surface area (Å²) in [7, 11) is 0. The van der Waals surface area contributed by atoms with E-state index in [0.29, 0.717) is 25.5 Å². The van der Waals surface area contributed by atoms with Crippen LogP contribution in [0.5, 0.6) is 0 Å². The first-order chi connectivity index (χ1) is 12.3. The van der Waals surface area contributed by atoms with E-state index in [1.54, 1.807) is 18.8 Å². The second kappa shape index (κ2) is 7.00. The summed E-state index contributed by atoms with van der Waals surface area (Å²) in [5.74, 6) is -0.292. The zero-order chi connectivity index (χ0) is 17.1. The maximum absolute atomic E-state index is 6.33. The molecule has 6 nitrogen and oxygen atoms in total. The molecule has 1 aliphatic rings. The van der Waals surface area contributed by atoms with Crippen LogP contribution in [0.2, 0.25) is 0 Å². The SMILES string of the molecule is CCCOCC1COC(Cn2ccnc2)(c2occ3ccccc23)O1. The van der Waals surface area contributed by atoms with Gasteiger partial charge in [-0.25, -0.2) is 4.98 Å². The Labute approximate surface area is 146 Å². The van der Waals surface area contributed by atoms with Crippen molar-refractivity contribution in [2.75, 3.05) is 19.8 Å². The molecule has 0 amide bonds. The third kappa shape index (κ3) is 3.20. The Bertz CT molecular complexity index is 814. The second-order valence-electron chi connectivity index (χ2n) is 6.27. The summed E-state index contributed by atoms with van der Waals surface area (Å²) in [6.07, 6.45) is 7.98. The minimum absolute atomic E-state index is 0.126. The molecule has 1 aliphatic heterocycles. The van der Waals surface area contributed by atoms with Crippen LogP contribution >= 0.6 is 0 Å². The first-order valence-electron chi connectivity index (χ1n) is 8.63. The number of ether oxygens (including phenoxy) is 3. The number of benzene rings is 1. The molecular weight excluding hydrogens is 320 g/mol. The molecule has 0 spiro atoms. The molecule has 1 saturated heterocycles. The van der Waals surface area contributed by atoms with E-state index in [9.17, 15) is 0 Å². The number of imidazole rings is 1. The molecule has 1 fully saturated rings. The summed E-state index contributed by atoms with van der Waals surface area (Å²) in [4.78, 5) is 4.12. The molecule has 3 aromatic rings. The van der Waals surface area contributed by atoms with Crippen molar-refractivity contribution < 1.29 is 18.6 Å². The van der Waals surface area contributed by atoms with Gasteiger partial charge < -0.3 is 23.2 Å². The van der Waals surface area contributed by atoms with E-state index < -0.39 is 5.79 Å². The number of furan rings is 1. The van der Waals surface area contributed by atoms with Gasteiger partial charge in [0.1, 0.15) is 6.10 Å². The van der Waals surface area contributed by atoms with Crippen LogP contribution in [-0.4, -0.2) is 35.5 Å². The van der Waals surface area contributed by atoms with Crippen molar-refractivity contribution in [3.05, 3.63) is 55.0 Å². The molecule has 132 valence electrons. The highest BCUT2D eigenvalue weighted by atomic mass is 16.8. The van der Waals surface area contributed by atoms with E-state index in [2.05, 4.69) is 11.9 Å². The Kier molecular flexibility index (Phi) is 4.57. The fourth-order valence-electron chi connectivity index (χ4n) is 3.19. The molecule has 0 radical (unpaired) electrons. The van der Waals surface area contributed by atoms with Gasteiger partial charge in [0.2, 0.25) is 5.79 Å². The number of rotatable bonds is 7. The number of hydrogen-bond donors (Lipinski definition) is 0. The van der Waals surface area contributed by atoms with Crippen LogP contribution < -0.4 is 0 Å². The van der Waals surface area contributed by atoms with Gasteiger partial charge in [-0.2, -0.15) is 0 Å². The normalized spacial score (nSPS) is 23.5. The molecule has 1 aromatic carbocycles. The average Bonchev–Trinajstić information content (AvgIpc) is 3.35. The van der Waals surface area contributed by atoms with E-state index >= 15 is 0 Å². The van der Waals surface area contributed by atoms with E-state index in [1.807, 2.05) is 35.0 Å².